The van der Waals surface area contributed by atoms with Crippen molar-refractivity contribution in [2.45, 2.75) is 12.8 Å². The summed E-state index contributed by atoms with van der Waals surface area (Å²) < 4.78 is 7.63. The lowest BCUT2D eigenvalue weighted by Gasteiger charge is -2.09. The number of rotatable bonds is 6. The zero-order chi connectivity index (χ0) is 11.5. The third kappa shape index (κ3) is 2.58. The van der Waals surface area contributed by atoms with Crippen LogP contribution < -0.4 is 5.32 Å². The van der Waals surface area contributed by atoms with E-state index in [1.807, 2.05) is 28.9 Å². The maximum absolute atomic E-state index is 5.59. The van der Waals surface area contributed by atoms with Gasteiger partial charge in [-0.3, -0.25) is 4.40 Å². The number of fused-ring (bicyclic) bond motifs is 1. The summed E-state index contributed by atoms with van der Waals surface area (Å²) in [6, 6.07) is 6.06. The molecular formula is C13H17N3O. The van der Waals surface area contributed by atoms with Crippen molar-refractivity contribution in [1.29, 1.82) is 0 Å². The summed E-state index contributed by atoms with van der Waals surface area (Å²) in [4.78, 5) is 4.25. The van der Waals surface area contributed by atoms with Crippen molar-refractivity contribution in [1.82, 2.24) is 9.38 Å². The Balaban J connectivity index is 1.51. The number of hydrogen-bond donors (Lipinski definition) is 1. The number of anilines is 1. The number of aromatic nitrogens is 2. The van der Waals surface area contributed by atoms with Crippen LogP contribution in [0.4, 0.5) is 5.82 Å². The molecule has 17 heavy (non-hydrogen) atoms. The first-order valence-electron chi connectivity index (χ1n) is 6.17. The van der Waals surface area contributed by atoms with E-state index in [1.165, 1.54) is 12.8 Å². The third-order valence-corrected chi connectivity index (χ3v) is 3.03. The molecule has 0 bridgehead atoms. The van der Waals surface area contributed by atoms with Gasteiger partial charge in [0.1, 0.15) is 11.5 Å². The van der Waals surface area contributed by atoms with E-state index >= 15 is 0 Å². The molecule has 1 N–H and O–H groups in total. The van der Waals surface area contributed by atoms with Crippen molar-refractivity contribution in [3.8, 4) is 0 Å². The molecule has 0 aliphatic heterocycles. The molecule has 0 saturated heterocycles. The van der Waals surface area contributed by atoms with E-state index in [-0.39, 0.29) is 0 Å². The van der Waals surface area contributed by atoms with Crippen LogP contribution >= 0.6 is 0 Å². The van der Waals surface area contributed by atoms with E-state index < -0.39 is 0 Å². The zero-order valence-corrected chi connectivity index (χ0v) is 9.80. The SMILES string of the molecule is c1cc(NCCOCC2CC2)n2ccnc2c1. The molecule has 0 spiro atoms. The highest BCUT2D eigenvalue weighted by Crippen LogP contribution is 2.28. The van der Waals surface area contributed by atoms with Gasteiger partial charge in [-0.2, -0.15) is 0 Å². The van der Waals surface area contributed by atoms with Gasteiger partial charge in [-0.05, 0) is 30.9 Å². The minimum Gasteiger partial charge on any atom is -0.379 e. The van der Waals surface area contributed by atoms with Crippen LogP contribution in [0.1, 0.15) is 12.8 Å². The van der Waals surface area contributed by atoms with E-state index in [4.69, 9.17) is 4.74 Å². The fraction of sp³-hybridized carbons (Fsp3) is 0.462. The maximum Gasteiger partial charge on any atom is 0.138 e. The predicted molar refractivity (Wildman–Crippen MR) is 67.2 cm³/mol. The molecule has 2 aromatic rings. The van der Waals surface area contributed by atoms with Crippen molar-refractivity contribution >= 4 is 11.5 Å². The first kappa shape index (κ1) is 10.6. The van der Waals surface area contributed by atoms with Gasteiger partial charge in [-0.15, -0.1) is 0 Å². The van der Waals surface area contributed by atoms with Gasteiger partial charge in [-0.25, -0.2) is 4.98 Å². The second kappa shape index (κ2) is 4.75. The smallest absolute Gasteiger partial charge is 0.138 e. The fourth-order valence-corrected chi connectivity index (χ4v) is 1.88. The predicted octanol–water partition coefficient (Wildman–Crippen LogP) is 2.17. The molecule has 2 heterocycles. The van der Waals surface area contributed by atoms with Gasteiger partial charge >= 0.3 is 0 Å². The van der Waals surface area contributed by atoms with Gasteiger partial charge < -0.3 is 10.1 Å². The highest BCUT2D eigenvalue weighted by Gasteiger charge is 2.20. The summed E-state index contributed by atoms with van der Waals surface area (Å²) in [5.41, 5.74) is 0.967. The molecule has 4 nitrogen and oxygen atoms in total. The summed E-state index contributed by atoms with van der Waals surface area (Å²) in [7, 11) is 0. The number of nitrogens with zero attached hydrogens (tertiary/aromatic N) is 2. The Morgan fingerprint density at radius 1 is 1.41 bits per heavy atom. The molecule has 1 aliphatic rings. The van der Waals surface area contributed by atoms with Gasteiger partial charge in [-0.1, -0.05) is 6.07 Å². The summed E-state index contributed by atoms with van der Waals surface area (Å²) in [5, 5.41) is 3.37. The van der Waals surface area contributed by atoms with Crippen molar-refractivity contribution in [3.05, 3.63) is 30.6 Å². The lowest BCUT2D eigenvalue weighted by molar-refractivity contribution is 0.134. The van der Waals surface area contributed by atoms with E-state index in [1.54, 1.807) is 0 Å². The van der Waals surface area contributed by atoms with Crippen molar-refractivity contribution in [2.24, 2.45) is 5.92 Å². The molecule has 1 fully saturated rings. The molecule has 0 atom stereocenters. The average molecular weight is 231 g/mol. The molecule has 90 valence electrons. The van der Waals surface area contributed by atoms with Crippen LogP contribution in [-0.2, 0) is 4.74 Å². The molecular weight excluding hydrogens is 214 g/mol. The van der Waals surface area contributed by atoms with Crippen LogP contribution in [0.2, 0.25) is 0 Å². The topological polar surface area (TPSA) is 38.6 Å². The van der Waals surface area contributed by atoms with E-state index in [0.717, 1.165) is 37.1 Å². The number of imidazole rings is 1. The van der Waals surface area contributed by atoms with Gasteiger partial charge in [0, 0.05) is 25.5 Å². The summed E-state index contributed by atoms with van der Waals surface area (Å²) in [6.45, 7) is 2.53. The zero-order valence-electron chi connectivity index (χ0n) is 9.80. The van der Waals surface area contributed by atoms with Crippen LogP contribution in [0.5, 0.6) is 0 Å². The van der Waals surface area contributed by atoms with Crippen LogP contribution in [-0.4, -0.2) is 29.1 Å². The summed E-state index contributed by atoms with van der Waals surface area (Å²) >= 11 is 0. The Morgan fingerprint density at radius 3 is 3.24 bits per heavy atom. The average Bonchev–Trinajstić information content (AvgIpc) is 3.04. The largest absolute Gasteiger partial charge is 0.379 e. The molecule has 2 aromatic heterocycles. The summed E-state index contributed by atoms with van der Waals surface area (Å²) in [6.07, 6.45) is 6.47. The Labute approximate surface area is 101 Å². The maximum atomic E-state index is 5.59. The van der Waals surface area contributed by atoms with Crippen molar-refractivity contribution in [3.63, 3.8) is 0 Å². The van der Waals surface area contributed by atoms with Gasteiger partial charge in [0.25, 0.3) is 0 Å². The Kier molecular flexibility index (Phi) is 2.96. The number of ether oxygens (including phenoxy) is 1. The number of nitrogens with one attached hydrogen (secondary N) is 1. The second-order valence-electron chi connectivity index (χ2n) is 4.51. The number of hydrogen-bond acceptors (Lipinski definition) is 3. The monoisotopic (exact) mass is 231 g/mol. The van der Waals surface area contributed by atoms with Crippen molar-refractivity contribution < 1.29 is 4.74 Å². The molecule has 0 unspecified atom stereocenters. The van der Waals surface area contributed by atoms with Crippen LogP contribution in [0.25, 0.3) is 5.65 Å². The molecule has 0 aromatic carbocycles. The standard InChI is InChI=1S/C13H17N3O/c1-2-12-14-6-8-16(12)13(3-1)15-7-9-17-10-11-4-5-11/h1-3,6,8,11,15H,4-5,7,9-10H2. The molecule has 3 rings (SSSR count). The van der Waals surface area contributed by atoms with Crippen LogP contribution in [0, 0.1) is 5.92 Å². The van der Waals surface area contributed by atoms with Gasteiger partial charge in [0.05, 0.1) is 6.61 Å². The van der Waals surface area contributed by atoms with Crippen LogP contribution in [0.15, 0.2) is 30.6 Å². The molecule has 1 aliphatic carbocycles. The summed E-state index contributed by atoms with van der Waals surface area (Å²) in [5.74, 6) is 1.90. The van der Waals surface area contributed by atoms with Gasteiger partial charge in [0.15, 0.2) is 0 Å². The Hall–Kier alpha value is -1.55. The lowest BCUT2D eigenvalue weighted by Crippen LogP contribution is -2.12. The minimum absolute atomic E-state index is 0.765. The van der Waals surface area contributed by atoms with E-state index in [9.17, 15) is 0 Å². The lowest BCUT2D eigenvalue weighted by atomic mass is 10.4. The fourth-order valence-electron chi connectivity index (χ4n) is 1.88. The third-order valence-electron chi connectivity index (χ3n) is 3.03. The molecule has 4 heteroatoms. The second-order valence-corrected chi connectivity index (χ2v) is 4.51. The van der Waals surface area contributed by atoms with Crippen molar-refractivity contribution in [2.75, 3.05) is 25.1 Å². The quantitative estimate of drug-likeness (QED) is 0.774. The first-order valence-corrected chi connectivity index (χ1v) is 6.17. The van der Waals surface area contributed by atoms with Crippen LogP contribution in [0.3, 0.4) is 0 Å². The highest BCUT2D eigenvalue weighted by molar-refractivity contribution is 5.49. The Morgan fingerprint density at radius 2 is 2.35 bits per heavy atom. The van der Waals surface area contributed by atoms with E-state index in [2.05, 4.69) is 16.4 Å². The number of pyridine rings is 1. The van der Waals surface area contributed by atoms with E-state index in [0.29, 0.717) is 0 Å². The Bertz CT molecular complexity index is 490. The normalized spacial score (nSPS) is 15.3. The first-order chi connectivity index (χ1) is 8.43. The minimum atomic E-state index is 0.765. The molecule has 1 saturated carbocycles. The van der Waals surface area contributed by atoms with Gasteiger partial charge in [0.2, 0.25) is 0 Å². The molecule has 0 radical (unpaired) electrons. The molecule has 0 amide bonds. The highest BCUT2D eigenvalue weighted by atomic mass is 16.5.